The van der Waals surface area contributed by atoms with Crippen LogP contribution in [0.4, 0.5) is 8.78 Å². The van der Waals surface area contributed by atoms with Crippen LogP contribution in [0, 0.1) is 11.3 Å². The minimum atomic E-state index is -3.10. The summed E-state index contributed by atoms with van der Waals surface area (Å²) < 4.78 is 27.0. The summed E-state index contributed by atoms with van der Waals surface area (Å²) in [6.07, 6.45) is 0.0895. The minimum absolute atomic E-state index is 0.217. The maximum atomic E-state index is 13.5. The number of amides is 1. The van der Waals surface area contributed by atoms with Crippen LogP contribution in [-0.4, -0.2) is 40.1 Å². The summed E-state index contributed by atoms with van der Waals surface area (Å²) in [4.78, 5) is 39.9. The van der Waals surface area contributed by atoms with Gasteiger partial charge in [0.25, 0.3) is 5.92 Å². The number of benzene rings is 1. The number of rotatable bonds is 5. The monoisotopic (exact) mass is 385 g/mol. The topological polar surface area (TPSA) is 94.0 Å². The molecular formula is C20H17F2N3O3. The normalized spacial score (nSPS) is 17.9. The molecule has 1 saturated heterocycles. The van der Waals surface area contributed by atoms with Gasteiger partial charge in [-0.05, 0) is 11.1 Å². The molecule has 2 aromatic rings. The van der Waals surface area contributed by atoms with Crippen molar-refractivity contribution in [2.75, 3.05) is 6.54 Å². The van der Waals surface area contributed by atoms with Gasteiger partial charge in [-0.1, -0.05) is 30.3 Å². The van der Waals surface area contributed by atoms with Gasteiger partial charge in [-0.3, -0.25) is 14.4 Å². The molecule has 0 bridgehead atoms. The number of Topliss-reactive ketones (excluding diaryl/α,β-unsaturated/α-hetero) is 1. The molecule has 28 heavy (non-hydrogen) atoms. The van der Waals surface area contributed by atoms with Crippen LogP contribution in [-0.2, 0) is 4.79 Å². The first-order valence-electron chi connectivity index (χ1n) is 8.69. The Morgan fingerprint density at radius 2 is 1.96 bits per heavy atom. The summed E-state index contributed by atoms with van der Waals surface area (Å²) in [5.41, 5.74) is 0.973. The predicted molar refractivity (Wildman–Crippen MR) is 96.7 cm³/mol. The molecule has 144 valence electrons. The van der Waals surface area contributed by atoms with E-state index >= 15 is 0 Å². The fraction of sp³-hybridized carbons (Fsp3) is 0.300. The molecule has 0 saturated carbocycles. The smallest absolute Gasteiger partial charge is 0.268 e. The maximum absolute atomic E-state index is 13.5. The third kappa shape index (κ3) is 4.14. The summed E-state index contributed by atoms with van der Waals surface area (Å²) in [6, 6.07) is 10.7. The zero-order valence-electron chi connectivity index (χ0n) is 14.8. The molecule has 2 heterocycles. The van der Waals surface area contributed by atoms with Crippen LogP contribution in [0.1, 0.15) is 29.6 Å². The van der Waals surface area contributed by atoms with Crippen LogP contribution < -0.4 is 5.56 Å². The molecule has 1 aromatic carbocycles. The van der Waals surface area contributed by atoms with Crippen LogP contribution in [0.25, 0.3) is 11.1 Å². The number of alkyl halides is 2. The van der Waals surface area contributed by atoms with E-state index in [2.05, 4.69) is 4.98 Å². The molecule has 0 spiro atoms. The molecule has 0 radical (unpaired) electrons. The predicted octanol–water partition coefficient (Wildman–Crippen LogP) is 2.76. The molecule has 1 amide bonds. The van der Waals surface area contributed by atoms with Gasteiger partial charge in [-0.2, -0.15) is 5.26 Å². The number of hydrogen-bond acceptors (Lipinski definition) is 4. The quantitative estimate of drug-likeness (QED) is 0.801. The summed E-state index contributed by atoms with van der Waals surface area (Å²) >= 11 is 0. The van der Waals surface area contributed by atoms with Gasteiger partial charge in [0, 0.05) is 37.1 Å². The molecule has 3 rings (SSSR count). The Bertz CT molecular complexity index is 996. The van der Waals surface area contributed by atoms with E-state index in [0.717, 1.165) is 4.90 Å². The Morgan fingerprint density at radius 3 is 2.64 bits per heavy atom. The number of pyridine rings is 1. The fourth-order valence-electron chi connectivity index (χ4n) is 3.25. The van der Waals surface area contributed by atoms with E-state index in [1.54, 1.807) is 36.4 Å². The number of ketones is 1. The molecule has 8 heteroatoms. The number of nitrogens with one attached hydrogen (secondary N) is 1. The lowest BCUT2D eigenvalue weighted by Crippen LogP contribution is -2.36. The number of halogens is 2. The third-order valence-corrected chi connectivity index (χ3v) is 4.61. The standard InChI is InChI=1S/C20H17F2N3O3/c21-20(22)9-14(10-23)25(12-20)19(28)7-6-17(26)16-11-24-18(27)8-15(16)13-4-2-1-3-5-13/h1-5,8,11,14H,6-7,9,12H2,(H,24,27)/t14-/m0/s1. The largest absolute Gasteiger partial charge is 0.328 e. The van der Waals surface area contributed by atoms with Crippen molar-refractivity contribution in [1.82, 2.24) is 9.88 Å². The lowest BCUT2D eigenvalue weighted by molar-refractivity contribution is -0.132. The summed E-state index contributed by atoms with van der Waals surface area (Å²) in [5, 5.41) is 8.98. The van der Waals surface area contributed by atoms with Crippen LogP contribution in [0.5, 0.6) is 0 Å². The number of aromatic nitrogens is 1. The summed E-state index contributed by atoms with van der Waals surface area (Å²) in [6.45, 7) is -0.813. The maximum Gasteiger partial charge on any atom is 0.268 e. The van der Waals surface area contributed by atoms with Gasteiger partial charge < -0.3 is 9.88 Å². The first kappa shape index (κ1) is 19.4. The number of hydrogen-bond donors (Lipinski definition) is 1. The Balaban J connectivity index is 1.75. The van der Waals surface area contributed by atoms with Crippen LogP contribution in [0.15, 0.2) is 47.4 Å². The number of aromatic amines is 1. The van der Waals surface area contributed by atoms with Gasteiger partial charge in [0.1, 0.15) is 6.04 Å². The van der Waals surface area contributed by atoms with Crippen molar-refractivity contribution in [3.63, 3.8) is 0 Å². The molecule has 1 fully saturated rings. The highest BCUT2D eigenvalue weighted by Gasteiger charge is 2.47. The van der Waals surface area contributed by atoms with Gasteiger partial charge in [0.15, 0.2) is 5.78 Å². The number of H-pyrrole nitrogens is 1. The summed E-state index contributed by atoms with van der Waals surface area (Å²) in [7, 11) is 0. The van der Waals surface area contributed by atoms with Gasteiger partial charge in [0.05, 0.1) is 12.6 Å². The zero-order chi connectivity index (χ0) is 20.3. The molecule has 1 atom stereocenters. The van der Waals surface area contributed by atoms with E-state index in [1.807, 2.05) is 0 Å². The Hall–Kier alpha value is -3.34. The van der Waals surface area contributed by atoms with Gasteiger partial charge in [-0.15, -0.1) is 0 Å². The van der Waals surface area contributed by atoms with Gasteiger partial charge >= 0.3 is 0 Å². The zero-order valence-corrected chi connectivity index (χ0v) is 14.8. The second-order valence-corrected chi connectivity index (χ2v) is 6.64. The number of carbonyl (C=O) groups is 2. The lowest BCUT2D eigenvalue weighted by atomic mass is 9.97. The molecule has 0 unspecified atom stereocenters. The molecule has 1 N–H and O–H groups in total. The number of carbonyl (C=O) groups excluding carboxylic acids is 2. The van der Waals surface area contributed by atoms with Crippen molar-refractivity contribution < 1.29 is 18.4 Å². The molecular weight excluding hydrogens is 368 g/mol. The minimum Gasteiger partial charge on any atom is -0.328 e. The van der Waals surface area contributed by atoms with E-state index in [-0.39, 0.29) is 24.0 Å². The highest BCUT2D eigenvalue weighted by Crippen LogP contribution is 2.32. The Labute approximate surface area is 159 Å². The second kappa shape index (κ2) is 7.72. The van der Waals surface area contributed by atoms with Crippen LogP contribution in [0.2, 0.25) is 0 Å². The Kier molecular flexibility index (Phi) is 5.36. The highest BCUT2D eigenvalue weighted by atomic mass is 19.3. The lowest BCUT2D eigenvalue weighted by Gasteiger charge is -2.19. The van der Waals surface area contributed by atoms with Crippen molar-refractivity contribution >= 4 is 11.7 Å². The number of likely N-dealkylation sites (tertiary alicyclic amines) is 1. The average Bonchev–Trinajstić information content (AvgIpc) is 3.01. The third-order valence-electron chi connectivity index (χ3n) is 4.61. The van der Waals surface area contributed by atoms with Crippen molar-refractivity contribution in [2.24, 2.45) is 0 Å². The Morgan fingerprint density at radius 1 is 1.25 bits per heavy atom. The molecule has 1 aromatic heterocycles. The van der Waals surface area contributed by atoms with Crippen molar-refractivity contribution in [3.8, 4) is 17.2 Å². The average molecular weight is 385 g/mol. The first-order valence-corrected chi connectivity index (χ1v) is 8.69. The number of nitrogens with zero attached hydrogens (tertiary/aromatic N) is 2. The first-order chi connectivity index (χ1) is 13.3. The van der Waals surface area contributed by atoms with Crippen LogP contribution >= 0.6 is 0 Å². The second-order valence-electron chi connectivity index (χ2n) is 6.64. The summed E-state index contributed by atoms with van der Waals surface area (Å²) in [5.74, 6) is -4.16. The van der Waals surface area contributed by atoms with E-state index in [0.29, 0.717) is 11.1 Å². The van der Waals surface area contributed by atoms with Crippen molar-refractivity contribution in [3.05, 3.63) is 58.5 Å². The van der Waals surface area contributed by atoms with Gasteiger partial charge in [0.2, 0.25) is 11.5 Å². The highest BCUT2D eigenvalue weighted by molar-refractivity contribution is 6.03. The fourth-order valence-corrected chi connectivity index (χ4v) is 3.25. The van der Waals surface area contributed by atoms with E-state index < -0.39 is 36.6 Å². The van der Waals surface area contributed by atoms with Crippen LogP contribution in [0.3, 0.4) is 0 Å². The van der Waals surface area contributed by atoms with Crippen molar-refractivity contribution in [2.45, 2.75) is 31.2 Å². The number of nitriles is 1. The SMILES string of the molecule is N#C[C@@H]1CC(F)(F)CN1C(=O)CCC(=O)c1c[nH]c(=O)cc1-c1ccccc1. The van der Waals surface area contributed by atoms with E-state index in [1.165, 1.54) is 12.3 Å². The molecule has 1 aliphatic rings. The molecule has 0 aliphatic carbocycles. The molecule has 1 aliphatic heterocycles. The van der Waals surface area contributed by atoms with Crippen molar-refractivity contribution in [1.29, 1.82) is 5.26 Å². The van der Waals surface area contributed by atoms with E-state index in [9.17, 15) is 23.2 Å². The van der Waals surface area contributed by atoms with E-state index in [4.69, 9.17) is 5.26 Å². The molecule has 6 nitrogen and oxygen atoms in total. The van der Waals surface area contributed by atoms with Gasteiger partial charge in [-0.25, -0.2) is 8.78 Å².